The molecule has 3 aromatic carbocycles. The molecule has 0 aliphatic heterocycles. The number of hydrogen-bond acceptors (Lipinski definition) is 6. The van der Waals surface area contributed by atoms with E-state index in [-0.39, 0.29) is 16.3 Å². The number of hydrogen-bond donors (Lipinski definition) is 1. The largest absolute Gasteiger partial charge is 0.495 e. The number of methoxy groups -OCH3 is 3. The minimum absolute atomic E-state index is 0.0775. The third-order valence-electron chi connectivity index (χ3n) is 5.32. The fourth-order valence-electron chi connectivity index (χ4n) is 3.67. The van der Waals surface area contributed by atoms with Crippen LogP contribution in [0.5, 0.6) is 17.2 Å². The van der Waals surface area contributed by atoms with Gasteiger partial charge >= 0.3 is 0 Å². The van der Waals surface area contributed by atoms with Crippen molar-refractivity contribution in [2.45, 2.75) is 17.7 Å². The summed E-state index contributed by atoms with van der Waals surface area (Å²) >= 11 is 0. The van der Waals surface area contributed by atoms with Gasteiger partial charge < -0.3 is 19.9 Å². The second kappa shape index (κ2) is 10.9. The summed E-state index contributed by atoms with van der Waals surface area (Å²) in [6, 6.07) is 19.3. The molecule has 0 aliphatic rings. The number of rotatable bonds is 11. The van der Waals surface area contributed by atoms with Gasteiger partial charge in [0.15, 0.2) is 11.5 Å². The van der Waals surface area contributed by atoms with Crippen molar-refractivity contribution in [3.8, 4) is 17.2 Å². The van der Waals surface area contributed by atoms with Gasteiger partial charge in [0.1, 0.15) is 12.3 Å². The van der Waals surface area contributed by atoms with E-state index in [1.54, 1.807) is 12.1 Å². The number of benzene rings is 3. The van der Waals surface area contributed by atoms with Crippen LogP contribution in [0.3, 0.4) is 0 Å². The molecular formula is C25H28N2O6S. The number of anilines is 1. The van der Waals surface area contributed by atoms with E-state index in [0.717, 1.165) is 9.87 Å². The number of amides is 1. The van der Waals surface area contributed by atoms with Crippen molar-refractivity contribution in [2.75, 3.05) is 32.2 Å². The Morgan fingerprint density at radius 1 is 0.824 bits per heavy atom. The number of sulfonamides is 1. The Hall–Kier alpha value is -3.72. The van der Waals surface area contributed by atoms with Gasteiger partial charge in [0.05, 0.1) is 31.9 Å². The summed E-state index contributed by atoms with van der Waals surface area (Å²) in [5, 5.41) is 0. The number of para-hydroxylation sites is 1. The van der Waals surface area contributed by atoms with E-state index >= 15 is 0 Å². The molecule has 0 radical (unpaired) electrons. The molecule has 3 aromatic rings. The molecule has 0 spiro atoms. The Morgan fingerprint density at radius 2 is 1.50 bits per heavy atom. The first-order valence-electron chi connectivity index (χ1n) is 10.5. The van der Waals surface area contributed by atoms with E-state index in [4.69, 9.17) is 19.9 Å². The molecule has 0 saturated heterocycles. The third kappa shape index (κ3) is 5.43. The number of nitrogens with zero attached hydrogens (tertiary/aromatic N) is 1. The Labute approximate surface area is 199 Å². The molecule has 0 saturated carbocycles. The topological polar surface area (TPSA) is 108 Å². The maximum atomic E-state index is 13.8. The van der Waals surface area contributed by atoms with Gasteiger partial charge in [-0.2, -0.15) is 0 Å². The first-order chi connectivity index (χ1) is 16.3. The van der Waals surface area contributed by atoms with Gasteiger partial charge in [0.2, 0.25) is 5.91 Å². The van der Waals surface area contributed by atoms with E-state index in [1.165, 1.54) is 39.5 Å². The number of ether oxygens (including phenoxy) is 3. The molecule has 1 amide bonds. The first-order valence-corrected chi connectivity index (χ1v) is 12.0. The van der Waals surface area contributed by atoms with Crippen molar-refractivity contribution in [1.82, 2.24) is 0 Å². The van der Waals surface area contributed by atoms with Crippen LogP contribution >= 0.6 is 0 Å². The SMILES string of the molecule is COc1ccc(S(=O)(=O)N(CC(N)=O)c2c(CCc3ccccc3)cccc2OC)cc1OC. The number of carbonyl (C=O) groups excluding carboxylic acids is 1. The lowest BCUT2D eigenvalue weighted by Crippen LogP contribution is -2.39. The molecule has 0 fully saturated rings. The maximum Gasteiger partial charge on any atom is 0.265 e. The van der Waals surface area contributed by atoms with Gasteiger partial charge in [-0.3, -0.25) is 9.10 Å². The van der Waals surface area contributed by atoms with Crippen LogP contribution in [-0.2, 0) is 27.7 Å². The quantitative estimate of drug-likeness (QED) is 0.448. The molecule has 0 atom stereocenters. The average molecular weight is 485 g/mol. The normalized spacial score (nSPS) is 11.0. The Kier molecular flexibility index (Phi) is 8.01. The summed E-state index contributed by atoms with van der Waals surface area (Å²) in [7, 11) is 0.0935. The minimum atomic E-state index is -4.23. The van der Waals surface area contributed by atoms with Crippen LogP contribution in [0, 0.1) is 0 Å². The van der Waals surface area contributed by atoms with Crippen LogP contribution in [0.15, 0.2) is 71.6 Å². The fourth-order valence-corrected chi connectivity index (χ4v) is 5.17. The number of aryl methyl sites for hydroxylation is 2. The lowest BCUT2D eigenvalue weighted by molar-refractivity contribution is -0.116. The highest BCUT2D eigenvalue weighted by molar-refractivity contribution is 7.92. The molecule has 3 rings (SSSR count). The second-order valence-electron chi connectivity index (χ2n) is 7.45. The zero-order valence-electron chi connectivity index (χ0n) is 19.4. The van der Waals surface area contributed by atoms with Crippen LogP contribution in [0.25, 0.3) is 0 Å². The Morgan fingerprint density at radius 3 is 2.12 bits per heavy atom. The zero-order chi connectivity index (χ0) is 24.7. The maximum absolute atomic E-state index is 13.8. The molecule has 0 heterocycles. The Balaban J connectivity index is 2.12. The van der Waals surface area contributed by atoms with Crippen LogP contribution in [0.4, 0.5) is 5.69 Å². The molecule has 0 aromatic heterocycles. The molecule has 34 heavy (non-hydrogen) atoms. The van der Waals surface area contributed by atoms with Gasteiger partial charge in [-0.15, -0.1) is 0 Å². The molecule has 180 valence electrons. The number of nitrogens with two attached hydrogens (primary N) is 1. The van der Waals surface area contributed by atoms with Crippen molar-refractivity contribution < 1.29 is 27.4 Å². The lowest BCUT2D eigenvalue weighted by Gasteiger charge is -2.27. The van der Waals surface area contributed by atoms with E-state index in [1.807, 2.05) is 36.4 Å². The Bertz CT molecular complexity index is 1250. The van der Waals surface area contributed by atoms with Gasteiger partial charge in [0, 0.05) is 6.07 Å². The summed E-state index contributed by atoms with van der Waals surface area (Å²) in [5.74, 6) is 0.135. The second-order valence-corrected chi connectivity index (χ2v) is 9.31. The monoisotopic (exact) mass is 484 g/mol. The van der Waals surface area contributed by atoms with Crippen molar-refractivity contribution in [2.24, 2.45) is 5.73 Å². The van der Waals surface area contributed by atoms with Crippen molar-refractivity contribution >= 4 is 21.6 Å². The highest BCUT2D eigenvalue weighted by Gasteiger charge is 2.31. The number of carbonyl (C=O) groups is 1. The zero-order valence-corrected chi connectivity index (χ0v) is 20.2. The van der Waals surface area contributed by atoms with Crippen molar-refractivity contribution in [3.05, 3.63) is 77.9 Å². The molecule has 0 aliphatic carbocycles. The van der Waals surface area contributed by atoms with E-state index < -0.39 is 22.5 Å². The van der Waals surface area contributed by atoms with Crippen molar-refractivity contribution in [1.29, 1.82) is 0 Å². The standard InChI is InChI=1S/C25H28N2O6S/c1-31-21-15-14-20(16-23(21)33-3)34(29,30)27(17-24(26)28)25-19(10-7-11-22(25)32-2)13-12-18-8-5-4-6-9-18/h4-11,14-16H,12-13,17H2,1-3H3,(H2,26,28). The molecule has 9 heteroatoms. The van der Waals surface area contributed by atoms with Gasteiger partial charge in [-0.1, -0.05) is 42.5 Å². The predicted octanol–water partition coefficient (Wildman–Crippen LogP) is 3.18. The molecule has 0 unspecified atom stereocenters. The van der Waals surface area contributed by atoms with Crippen LogP contribution in [0.1, 0.15) is 11.1 Å². The molecule has 0 bridgehead atoms. The van der Waals surface area contributed by atoms with Gasteiger partial charge in [-0.05, 0) is 42.2 Å². The van der Waals surface area contributed by atoms with Crippen molar-refractivity contribution in [3.63, 3.8) is 0 Å². The van der Waals surface area contributed by atoms with E-state index in [2.05, 4.69) is 0 Å². The van der Waals surface area contributed by atoms with Crippen LogP contribution in [0.2, 0.25) is 0 Å². The van der Waals surface area contributed by atoms with Crippen LogP contribution < -0.4 is 24.2 Å². The summed E-state index contributed by atoms with van der Waals surface area (Å²) in [4.78, 5) is 11.9. The molecule has 2 N–H and O–H groups in total. The van der Waals surface area contributed by atoms with Gasteiger partial charge in [0.25, 0.3) is 10.0 Å². The van der Waals surface area contributed by atoms with Crippen LogP contribution in [-0.4, -0.2) is 42.2 Å². The smallest absolute Gasteiger partial charge is 0.265 e. The molecular weight excluding hydrogens is 456 g/mol. The summed E-state index contributed by atoms with van der Waals surface area (Å²) < 4.78 is 44.6. The average Bonchev–Trinajstić information content (AvgIpc) is 2.85. The third-order valence-corrected chi connectivity index (χ3v) is 7.06. The first kappa shape index (κ1) is 24.9. The summed E-state index contributed by atoms with van der Waals surface area (Å²) in [5.41, 5.74) is 7.56. The lowest BCUT2D eigenvalue weighted by atomic mass is 10.0. The predicted molar refractivity (Wildman–Crippen MR) is 130 cm³/mol. The number of primary amides is 1. The van der Waals surface area contributed by atoms with Gasteiger partial charge in [-0.25, -0.2) is 8.42 Å². The summed E-state index contributed by atoms with van der Waals surface area (Å²) in [6.07, 6.45) is 1.19. The minimum Gasteiger partial charge on any atom is -0.495 e. The molecule has 8 nitrogen and oxygen atoms in total. The fraction of sp³-hybridized carbons (Fsp3) is 0.240. The highest BCUT2D eigenvalue weighted by atomic mass is 32.2. The highest BCUT2D eigenvalue weighted by Crippen LogP contribution is 2.38. The van der Waals surface area contributed by atoms with E-state index in [9.17, 15) is 13.2 Å². The van der Waals surface area contributed by atoms with E-state index in [0.29, 0.717) is 29.9 Å². The summed E-state index contributed by atoms with van der Waals surface area (Å²) in [6.45, 7) is -0.560.